The van der Waals surface area contributed by atoms with Gasteiger partial charge in [0.2, 0.25) is 0 Å². The van der Waals surface area contributed by atoms with Crippen LogP contribution in [0.25, 0.3) is 0 Å². The Morgan fingerprint density at radius 3 is 2.36 bits per heavy atom. The lowest BCUT2D eigenvalue weighted by atomic mass is 10.1. The molecule has 0 radical (unpaired) electrons. The third-order valence-electron chi connectivity index (χ3n) is 3.98. The zero-order valence-corrected chi connectivity index (χ0v) is 13.3. The molecule has 1 fully saturated rings. The Bertz CT molecular complexity index is 622. The zero-order valence-electron chi connectivity index (χ0n) is 13.3. The van der Waals surface area contributed by atoms with Crippen molar-refractivity contribution in [3.63, 3.8) is 0 Å². The second kappa shape index (κ2) is 6.79. The fourth-order valence-corrected chi connectivity index (χ4v) is 2.62. The molecule has 1 aliphatic heterocycles. The van der Waals surface area contributed by atoms with Crippen molar-refractivity contribution in [3.05, 3.63) is 59.0 Å². The van der Waals surface area contributed by atoms with Crippen LogP contribution in [0.1, 0.15) is 22.6 Å². The molecule has 0 aliphatic carbocycles. The lowest BCUT2D eigenvalue weighted by Crippen LogP contribution is -2.43. The molecule has 0 bridgehead atoms. The van der Waals surface area contributed by atoms with Crippen LogP contribution in [0.15, 0.2) is 45.9 Å². The molecule has 116 valence electrons. The van der Waals surface area contributed by atoms with Gasteiger partial charge in [-0.15, -0.1) is 0 Å². The summed E-state index contributed by atoms with van der Waals surface area (Å²) >= 11 is 0. The summed E-state index contributed by atoms with van der Waals surface area (Å²) in [5, 5.41) is 6.62. The van der Waals surface area contributed by atoms with E-state index in [0.29, 0.717) is 0 Å². The highest BCUT2D eigenvalue weighted by Crippen LogP contribution is 2.10. The summed E-state index contributed by atoms with van der Waals surface area (Å²) < 4.78 is 5.50. The van der Waals surface area contributed by atoms with Gasteiger partial charge in [0.1, 0.15) is 11.5 Å². The molecule has 0 unspecified atom stereocenters. The van der Waals surface area contributed by atoms with Gasteiger partial charge in [0.15, 0.2) is 0 Å². The number of benzene rings is 1. The van der Waals surface area contributed by atoms with Crippen LogP contribution >= 0.6 is 0 Å². The van der Waals surface area contributed by atoms with Gasteiger partial charge in [-0.2, -0.15) is 5.10 Å². The molecular weight excluding hydrogens is 274 g/mol. The zero-order chi connectivity index (χ0) is 15.4. The molecule has 1 aromatic heterocycles. The van der Waals surface area contributed by atoms with Crippen molar-refractivity contribution in [2.75, 3.05) is 26.2 Å². The first-order valence-electron chi connectivity index (χ1n) is 7.82. The SMILES string of the molecule is Cc1ccc(CN2CCN(/N=C\c3ccc(C)o3)CC2)cc1. The average Bonchev–Trinajstić information content (AvgIpc) is 2.94. The molecule has 4 nitrogen and oxygen atoms in total. The summed E-state index contributed by atoms with van der Waals surface area (Å²) in [6.45, 7) is 9.10. The van der Waals surface area contributed by atoms with Crippen molar-refractivity contribution >= 4 is 6.21 Å². The lowest BCUT2D eigenvalue weighted by molar-refractivity contribution is 0.131. The normalized spacial score (nSPS) is 16.5. The molecular formula is C18H23N3O. The maximum Gasteiger partial charge on any atom is 0.147 e. The summed E-state index contributed by atoms with van der Waals surface area (Å²) in [5.74, 6) is 1.74. The van der Waals surface area contributed by atoms with E-state index in [4.69, 9.17) is 4.42 Å². The molecule has 2 heterocycles. The van der Waals surface area contributed by atoms with Crippen molar-refractivity contribution in [2.24, 2.45) is 5.10 Å². The van der Waals surface area contributed by atoms with Crippen LogP contribution in [0, 0.1) is 13.8 Å². The minimum absolute atomic E-state index is 0.819. The first kappa shape index (κ1) is 14.9. The fraction of sp³-hybridized carbons (Fsp3) is 0.389. The Balaban J connectivity index is 1.48. The van der Waals surface area contributed by atoms with Crippen molar-refractivity contribution < 1.29 is 4.42 Å². The van der Waals surface area contributed by atoms with Gasteiger partial charge in [0.05, 0.1) is 6.21 Å². The summed E-state index contributed by atoms with van der Waals surface area (Å²) in [6.07, 6.45) is 1.81. The third-order valence-corrected chi connectivity index (χ3v) is 3.98. The van der Waals surface area contributed by atoms with Gasteiger partial charge in [-0.25, -0.2) is 0 Å². The Labute approximate surface area is 132 Å². The van der Waals surface area contributed by atoms with E-state index in [-0.39, 0.29) is 0 Å². The van der Waals surface area contributed by atoms with E-state index in [1.807, 2.05) is 25.3 Å². The number of furan rings is 1. The van der Waals surface area contributed by atoms with Gasteiger partial charge < -0.3 is 4.42 Å². The Hall–Kier alpha value is -2.07. The molecule has 1 aromatic carbocycles. The van der Waals surface area contributed by atoms with Crippen LogP contribution in [-0.2, 0) is 6.54 Å². The van der Waals surface area contributed by atoms with Gasteiger partial charge in [-0.1, -0.05) is 29.8 Å². The van der Waals surface area contributed by atoms with Crippen molar-refractivity contribution in [3.8, 4) is 0 Å². The molecule has 2 aromatic rings. The van der Waals surface area contributed by atoms with E-state index < -0.39 is 0 Å². The molecule has 1 saturated heterocycles. The van der Waals surface area contributed by atoms with Crippen molar-refractivity contribution in [1.29, 1.82) is 0 Å². The standard InChI is InChI=1S/C18H23N3O/c1-15-3-6-17(7-4-15)14-20-9-11-21(12-10-20)19-13-18-8-5-16(2)22-18/h3-8,13H,9-12,14H2,1-2H3/b19-13-. The van der Waals surface area contributed by atoms with E-state index in [9.17, 15) is 0 Å². The van der Waals surface area contributed by atoms with Crippen LogP contribution in [-0.4, -0.2) is 42.3 Å². The highest BCUT2D eigenvalue weighted by molar-refractivity contribution is 5.75. The third kappa shape index (κ3) is 3.98. The second-order valence-corrected chi connectivity index (χ2v) is 5.91. The Morgan fingerprint density at radius 1 is 1.00 bits per heavy atom. The van der Waals surface area contributed by atoms with Gasteiger partial charge in [-0.3, -0.25) is 9.91 Å². The number of rotatable bonds is 4. The lowest BCUT2D eigenvalue weighted by Gasteiger charge is -2.33. The van der Waals surface area contributed by atoms with E-state index >= 15 is 0 Å². The van der Waals surface area contributed by atoms with Crippen LogP contribution in [0.2, 0.25) is 0 Å². The predicted molar refractivity (Wildman–Crippen MR) is 89.1 cm³/mol. The molecule has 3 rings (SSSR count). The minimum atomic E-state index is 0.819. The quantitative estimate of drug-likeness (QED) is 0.813. The molecule has 1 aliphatic rings. The van der Waals surface area contributed by atoms with Crippen LogP contribution < -0.4 is 0 Å². The fourth-order valence-electron chi connectivity index (χ4n) is 2.62. The van der Waals surface area contributed by atoms with Gasteiger partial charge in [0, 0.05) is 32.7 Å². The number of hydrogen-bond acceptors (Lipinski definition) is 4. The molecule has 4 heteroatoms. The summed E-state index contributed by atoms with van der Waals surface area (Å²) in [5.41, 5.74) is 2.70. The number of piperazine rings is 1. The maximum atomic E-state index is 5.50. The van der Waals surface area contributed by atoms with Gasteiger partial charge in [-0.05, 0) is 31.5 Å². The average molecular weight is 297 g/mol. The number of nitrogens with zero attached hydrogens (tertiary/aromatic N) is 3. The number of hydrogen-bond donors (Lipinski definition) is 0. The molecule has 22 heavy (non-hydrogen) atoms. The Kier molecular flexibility index (Phi) is 4.59. The molecule has 0 spiro atoms. The van der Waals surface area contributed by atoms with E-state index in [1.54, 1.807) is 0 Å². The van der Waals surface area contributed by atoms with Crippen molar-refractivity contribution in [2.45, 2.75) is 20.4 Å². The van der Waals surface area contributed by atoms with E-state index in [0.717, 1.165) is 44.2 Å². The number of aryl methyl sites for hydroxylation is 2. The maximum absolute atomic E-state index is 5.50. The monoisotopic (exact) mass is 297 g/mol. The van der Waals surface area contributed by atoms with Crippen molar-refractivity contribution in [1.82, 2.24) is 9.91 Å². The largest absolute Gasteiger partial charge is 0.460 e. The smallest absolute Gasteiger partial charge is 0.147 e. The van der Waals surface area contributed by atoms with Crippen LogP contribution in [0.4, 0.5) is 0 Å². The topological polar surface area (TPSA) is 32.0 Å². The van der Waals surface area contributed by atoms with Gasteiger partial charge >= 0.3 is 0 Å². The van der Waals surface area contributed by atoms with Crippen LogP contribution in [0.5, 0.6) is 0 Å². The minimum Gasteiger partial charge on any atom is -0.460 e. The molecule has 0 atom stereocenters. The first-order valence-corrected chi connectivity index (χ1v) is 7.82. The molecule has 0 saturated carbocycles. The highest BCUT2D eigenvalue weighted by Gasteiger charge is 2.15. The first-order chi connectivity index (χ1) is 10.7. The predicted octanol–water partition coefficient (Wildman–Crippen LogP) is 3.05. The van der Waals surface area contributed by atoms with E-state index in [2.05, 4.69) is 46.2 Å². The van der Waals surface area contributed by atoms with E-state index in [1.165, 1.54) is 11.1 Å². The number of hydrazone groups is 1. The summed E-state index contributed by atoms with van der Waals surface area (Å²) in [7, 11) is 0. The summed E-state index contributed by atoms with van der Waals surface area (Å²) in [4.78, 5) is 2.48. The highest BCUT2D eigenvalue weighted by atomic mass is 16.3. The molecule has 0 N–H and O–H groups in total. The van der Waals surface area contributed by atoms with Crippen LogP contribution in [0.3, 0.4) is 0 Å². The Morgan fingerprint density at radius 2 is 1.73 bits per heavy atom. The van der Waals surface area contributed by atoms with Gasteiger partial charge in [0.25, 0.3) is 0 Å². The summed E-state index contributed by atoms with van der Waals surface area (Å²) in [6, 6.07) is 12.7. The molecule has 0 amide bonds. The second-order valence-electron chi connectivity index (χ2n) is 5.91.